The number of ether oxygens (including phenoxy) is 4. The molecule has 4 aliphatic heterocycles. The molecule has 4 heterocycles. The SMILES string of the molecule is CC(C)(C)c1ccc(-c2cc3c4c(c2)N(c2ccc5c(c2)OCO5)c2cc5c(cc2B4c2cc(C(C)(C)C)ccc2N3c2ccc(C(C)(C)C)cc2)OCO5)cc1. The molecule has 0 aliphatic carbocycles. The fourth-order valence-corrected chi connectivity index (χ4v) is 8.88. The molecular weight excluding hydrogens is 703 g/mol. The van der Waals surface area contributed by atoms with E-state index in [-0.39, 0.29) is 36.5 Å². The van der Waals surface area contributed by atoms with Crippen LogP contribution in [0.15, 0.2) is 109 Å². The highest BCUT2D eigenvalue weighted by Gasteiger charge is 2.45. The first-order valence-corrected chi connectivity index (χ1v) is 20.1. The summed E-state index contributed by atoms with van der Waals surface area (Å²) in [5, 5.41) is 0. The number of hydrogen-bond donors (Lipinski definition) is 0. The third kappa shape index (κ3) is 5.76. The Bertz CT molecular complexity index is 2590. The zero-order chi connectivity index (χ0) is 39.6. The van der Waals surface area contributed by atoms with E-state index in [1.54, 1.807) is 0 Å². The minimum atomic E-state index is -0.0792. The van der Waals surface area contributed by atoms with Crippen molar-refractivity contribution < 1.29 is 18.9 Å². The smallest absolute Gasteiger partial charge is 0.252 e. The zero-order valence-corrected chi connectivity index (χ0v) is 34.4. The van der Waals surface area contributed by atoms with Gasteiger partial charge in [-0.1, -0.05) is 111 Å². The number of rotatable bonds is 3. The average Bonchev–Trinajstić information content (AvgIpc) is 3.85. The van der Waals surface area contributed by atoms with Crippen LogP contribution in [0.4, 0.5) is 34.1 Å². The van der Waals surface area contributed by atoms with Crippen LogP contribution in [-0.2, 0) is 16.2 Å². The zero-order valence-electron chi connectivity index (χ0n) is 34.4. The number of benzene rings is 6. The molecule has 6 nitrogen and oxygen atoms in total. The minimum Gasteiger partial charge on any atom is -0.454 e. The van der Waals surface area contributed by atoms with Crippen LogP contribution in [0.2, 0.25) is 0 Å². The molecule has 57 heavy (non-hydrogen) atoms. The van der Waals surface area contributed by atoms with Crippen molar-refractivity contribution in [3.63, 3.8) is 0 Å². The molecule has 286 valence electrons. The largest absolute Gasteiger partial charge is 0.454 e. The summed E-state index contributed by atoms with van der Waals surface area (Å²) in [6.45, 7) is 20.8. The van der Waals surface area contributed by atoms with Crippen LogP contribution < -0.4 is 45.1 Å². The second kappa shape index (κ2) is 12.3. The second-order valence-electron chi connectivity index (χ2n) is 19.0. The maximum absolute atomic E-state index is 6.11. The second-order valence-corrected chi connectivity index (χ2v) is 19.0. The van der Waals surface area contributed by atoms with Crippen molar-refractivity contribution in [1.29, 1.82) is 0 Å². The van der Waals surface area contributed by atoms with Gasteiger partial charge in [0.05, 0.1) is 5.69 Å². The highest BCUT2D eigenvalue weighted by atomic mass is 16.7. The maximum atomic E-state index is 6.11. The first-order chi connectivity index (χ1) is 27.1. The summed E-state index contributed by atoms with van der Waals surface area (Å²) in [5.41, 5.74) is 16.5. The molecule has 7 heteroatoms. The van der Waals surface area contributed by atoms with Crippen LogP contribution in [0.1, 0.15) is 79.0 Å². The topological polar surface area (TPSA) is 43.4 Å². The number of anilines is 6. The Labute approximate surface area is 337 Å². The van der Waals surface area contributed by atoms with E-state index in [9.17, 15) is 0 Å². The number of fused-ring (bicyclic) bond motifs is 6. The van der Waals surface area contributed by atoms with Gasteiger partial charge in [-0.2, -0.15) is 0 Å². The number of hydrogen-bond acceptors (Lipinski definition) is 6. The lowest BCUT2D eigenvalue weighted by Crippen LogP contribution is -2.61. The summed E-state index contributed by atoms with van der Waals surface area (Å²) >= 11 is 0. The van der Waals surface area contributed by atoms with Gasteiger partial charge in [0.1, 0.15) is 0 Å². The van der Waals surface area contributed by atoms with Crippen LogP contribution >= 0.6 is 0 Å². The highest BCUT2D eigenvalue weighted by Crippen LogP contribution is 2.50. The summed E-state index contributed by atoms with van der Waals surface area (Å²) in [5.74, 6) is 3.01. The van der Waals surface area contributed by atoms with Crippen molar-refractivity contribution in [2.24, 2.45) is 0 Å². The van der Waals surface area contributed by atoms with Gasteiger partial charge in [0.15, 0.2) is 23.0 Å². The molecule has 6 aromatic carbocycles. The Morgan fingerprint density at radius 2 is 0.895 bits per heavy atom. The van der Waals surface area contributed by atoms with Gasteiger partial charge in [0.25, 0.3) is 6.71 Å². The first-order valence-electron chi connectivity index (χ1n) is 20.1. The quantitative estimate of drug-likeness (QED) is 0.168. The van der Waals surface area contributed by atoms with Crippen molar-refractivity contribution >= 4 is 57.2 Å². The lowest BCUT2D eigenvalue weighted by atomic mass is 9.33. The summed E-state index contributed by atoms with van der Waals surface area (Å²) in [7, 11) is 0. The van der Waals surface area contributed by atoms with E-state index in [1.807, 2.05) is 6.07 Å². The van der Waals surface area contributed by atoms with Crippen LogP contribution in [0, 0.1) is 0 Å². The minimum absolute atomic E-state index is 0.0320. The summed E-state index contributed by atoms with van der Waals surface area (Å²) in [6, 6.07) is 40.8. The van der Waals surface area contributed by atoms with Crippen LogP contribution in [0.5, 0.6) is 23.0 Å². The van der Waals surface area contributed by atoms with Crippen molar-refractivity contribution in [3.8, 4) is 34.1 Å². The van der Waals surface area contributed by atoms with E-state index in [0.29, 0.717) is 0 Å². The summed E-state index contributed by atoms with van der Waals surface area (Å²) in [6.07, 6.45) is 0. The Morgan fingerprint density at radius 1 is 0.404 bits per heavy atom. The first kappa shape index (κ1) is 35.6. The molecule has 0 saturated heterocycles. The van der Waals surface area contributed by atoms with Crippen molar-refractivity contribution in [1.82, 2.24) is 0 Å². The molecule has 0 saturated carbocycles. The fourth-order valence-electron chi connectivity index (χ4n) is 8.88. The molecule has 0 amide bonds. The molecule has 10 rings (SSSR count). The van der Waals surface area contributed by atoms with Crippen LogP contribution in [0.3, 0.4) is 0 Å². The highest BCUT2D eigenvalue weighted by molar-refractivity contribution is 7.00. The molecule has 0 unspecified atom stereocenters. The summed E-state index contributed by atoms with van der Waals surface area (Å²) in [4.78, 5) is 4.88. The third-order valence-corrected chi connectivity index (χ3v) is 12.1. The van der Waals surface area contributed by atoms with Crippen molar-refractivity contribution in [3.05, 3.63) is 126 Å². The van der Waals surface area contributed by atoms with E-state index in [2.05, 4.69) is 175 Å². The number of nitrogens with zero attached hydrogens (tertiary/aromatic N) is 2. The van der Waals surface area contributed by atoms with Crippen LogP contribution in [-0.4, -0.2) is 20.3 Å². The molecule has 0 N–H and O–H groups in total. The molecule has 0 aromatic heterocycles. The van der Waals surface area contributed by atoms with Gasteiger partial charge >= 0.3 is 0 Å². The molecule has 0 radical (unpaired) electrons. The van der Waals surface area contributed by atoms with Crippen molar-refractivity contribution in [2.75, 3.05) is 23.4 Å². The van der Waals surface area contributed by atoms with Gasteiger partial charge in [-0.25, -0.2) is 0 Å². The monoisotopic (exact) mass is 752 g/mol. The van der Waals surface area contributed by atoms with Gasteiger partial charge in [-0.3, -0.25) is 0 Å². The standard InChI is InChI=1S/C50H49BN2O4/c1-48(2,3)32-12-10-30(11-13-32)31-22-41-47-42(23-31)53(36-19-21-43-44(25-36)55-28-54-43)40-27-46-45(56-29-57-46)26-38(40)51(47)37-24-34(50(7,8)9)16-20-39(37)52(41)35-17-14-33(15-18-35)49(4,5)6/h10-27H,28-29H2,1-9H3. The van der Waals surface area contributed by atoms with Gasteiger partial charge < -0.3 is 28.7 Å². The lowest BCUT2D eigenvalue weighted by molar-refractivity contribution is 0.173. The fraction of sp³-hybridized carbons (Fsp3) is 0.280. The van der Waals surface area contributed by atoms with Gasteiger partial charge in [-0.05, 0) is 109 Å². The van der Waals surface area contributed by atoms with E-state index in [0.717, 1.165) is 62.6 Å². The van der Waals surface area contributed by atoms with Gasteiger partial charge in [0.2, 0.25) is 13.6 Å². The van der Waals surface area contributed by atoms with Gasteiger partial charge in [-0.15, -0.1) is 0 Å². The summed E-state index contributed by atoms with van der Waals surface area (Å²) < 4.78 is 24.0. The molecule has 0 bridgehead atoms. The lowest BCUT2D eigenvalue weighted by Gasteiger charge is -2.45. The molecule has 4 aliphatic rings. The Kier molecular flexibility index (Phi) is 7.71. The van der Waals surface area contributed by atoms with Crippen LogP contribution in [0.25, 0.3) is 11.1 Å². The molecule has 0 fully saturated rings. The van der Waals surface area contributed by atoms with E-state index in [4.69, 9.17) is 18.9 Å². The van der Waals surface area contributed by atoms with Crippen molar-refractivity contribution in [2.45, 2.75) is 78.6 Å². The third-order valence-electron chi connectivity index (χ3n) is 12.1. The predicted octanol–water partition coefficient (Wildman–Crippen LogP) is 10.8. The normalized spacial score (nSPS) is 15.1. The molecule has 0 spiro atoms. The molecule has 6 aromatic rings. The average molecular weight is 753 g/mol. The predicted molar refractivity (Wildman–Crippen MR) is 234 cm³/mol. The Morgan fingerprint density at radius 3 is 1.51 bits per heavy atom. The van der Waals surface area contributed by atoms with E-state index >= 15 is 0 Å². The molecular formula is C50H49BN2O4. The van der Waals surface area contributed by atoms with E-state index in [1.165, 1.54) is 38.8 Å². The van der Waals surface area contributed by atoms with E-state index < -0.39 is 0 Å². The Hall–Kier alpha value is -5.82. The van der Waals surface area contributed by atoms with Gasteiger partial charge in [0, 0.05) is 40.6 Å². The Balaban J connectivity index is 1.30. The maximum Gasteiger partial charge on any atom is 0.252 e. The molecule has 0 atom stereocenters.